The molecule has 0 fully saturated rings. The zero-order valence-corrected chi connectivity index (χ0v) is 13.1. The minimum absolute atomic E-state index is 0.347. The lowest BCUT2D eigenvalue weighted by Gasteiger charge is -2.17. The monoisotopic (exact) mass is 275 g/mol. The van der Waals surface area contributed by atoms with Gasteiger partial charge in [-0.1, -0.05) is 20.8 Å². The van der Waals surface area contributed by atoms with Gasteiger partial charge in [0.2, 0.25) is 0 Å². The van der Waals surface area contributed by atoms with E-state index in [1.807, 2.05) is 12.4 Å². The van der Waals surface area contributed by atoms with Crippen LogP contribution in [0.15, 0.2) is 12.4 Å². The molecule has 2 rings (SSSR count). The van der Waals surface area contributed by atoms with Crippen molar-refractivity contribution in [3.05, 3.63) is 18.0 Å². The number of hydrogen-bond donors (Lipinski definition) is 2. The Labute approximate surface area is 120 Å². The Morgan fingerprint density at radius 3 is 2.65 bits per heavy atom. The summed E-state index contributed by atoms with van der Waals surface area (Å²) in [4.78, 5) is 7.76. The summed E-state index contributed by atoms with van der Waals surface area (Å²) < 4.78 is 6.03. The highest BCUT2D eigenvalue weighted by molar-refractivity contribution is 5.92. The van der Waals surface area contributed by atoms with E-state index in [1.54, 1.807) is 0 Å². The standard InChI is InChI=1S/C16H25N3O/c1-6-7-20-15-13(19-11(4)5)9-18-16-14(15)12(8-17-16)10(2)3/h8-11,19H,6-7H2,1-5H3,(H,17,18). The van der Waals surface area contributed by atoms with E-state index in [2.05, 4.69) is 49.9 Å². The molecule has 2 N–H and O–H groups in total. The Morgan fingerprint density at radius 2 is 2.05 bits per heavy atom. The van der Waals surface area contributed by atoms with E-state index in [0.717, 1.165) is 28.9 Å². The van der Waals surface area contributed by atoms with Gasteiger partial charge in [0.05, 0.1) is 23.9 Å². The molecule has 4 nitrogen and oxygen atoms in total. The van der Waals surface area contributed by atoms with E-state index >= 15 is 0 Å². The second-order valence-corrected chi connectivity index (χ2v) is 5.77. The average molecular weight is 275 g/mol. The number of hydrogen-bond acceptors (Lipinski definition) is 3. The maximum absolute atomic E-state index is 6.03. The number of nitrogens with zero attached hydrogens (tertiary/aromatic N) is 1. The number of rotatable bonds is 6. The molecule has 4 heteroatoms. The van der Waals surface area contributed by atoms with Crippen LogP contribution in [-0.2, 0) is 0 Å². The van der Waals surface area contributed by atoms with Gasteiger partial charge in [-0.2, -0.15) is 0 Å². The second-order valence-electron chi connectivity index (χ2n) is 5.77. The van der Waals surface area contributed by atoms with Crippen LogP contribution >= 0.6 is 0 Å². The topological polar surface area (TPSA) is 49.9 Å². The van der Waals surface area contributed by atoms with E-state index in [1.165, 1.54) is 5.56 Å². The fraction of sp³-hybridized carbons (Fsp3) is 0.562. The summed E-state index contributed by atoms with van der Waals surface area (Å²) in [6.07, 6.45) is 4.89. The van der Waals surface area contributed by atoms with Crippen LogP contribution < -0.4 is 10.1 Å². The molecule has 0 aliphatic rings. The van der Waals surface area contributed by atoms with Crippen LogP contribution in [0.4, 0.5) is 5.69 Å². The predicted molar refractivity (Wildman–Crippen MR) is 84.7 cm³/mol. The number of nitrogens with one attached hydrogen (secondary N) is 2. The third kappa shape index (κ3) is 2.89. The van der Waals surface area contributed by atoms with E-state index in [4.69, 9.17) is 4.74 Å². The van der Waals surface area contributed by atoms with Crippen LogP contribution in [0.3, 0.4) is 0 Å². The van der Waals surface area contributed by atoms with Crippen LogP contribution in [0.25, 0.3) is 11.0 Å². The fourth-order valence-corrected chi connectivity index (χ4v) is 2.31. The molecule has 0 saturated heterocycles. The molecule has 2 heterocycles. The van der Waals surface area contributed by atoms with E-state index < -0.39 is 0 Å². The molecule has 0 amide bonds. The first-order valence-corrected chi connectivity index (χ1v) is 7.43. The van der Waals surface area contributed by atoms with Gasteiger partial charge in [-0.25, -0.2) is 4.98 Å². The van der Waals surface area contributed by atoms with Crippen molar-refractivity contribution in [1.82, 2.24) is 9.97 Å². The molecule has 0 atom stereocenters. The molecule has 0 radical (unpaired) electrons. The predicted octanol–water partition coefficient (Wildman–Crippen LogP) is 4.30. The molecule has 0 saturated carbocycles. The van der Waals surface area contributed by atoms with Gasteiger partial charge >= 0.3 is 0 Å². The largest absolute Gasteiger partial charge is 0.491 e. The summed E-state index contributed by atoms with van der Waals surface area (Å²) in [6, 6.07) is 0.347. The number of ether oxygens (including phenoxy) is 1. The zero-order valence-electron chi connectivity index (χ0n) is 13.1. The third-order valence-electron chi connectivity index (χ3n) is 3.20. The normalized spacial score (nSPS) is 11.6. The average Bonchev–Trinajstić information content (AvgIpc) is 2.81. The minimum atomic E-state index is 0.347. The molecular weight excluding hydrogens is 250 g/mol. The van der Waals surface area contributed by atoms with Crippen molar-refractivity contribution >= 4 is 16.7 Å². The van der Waals surface area contributed by atoms with Gasteiger partial charge in [0, 0.05) is 12.2 Å². The lowest BCUT2D eigenvalue weighted by Crippen LogP contribution is -2.12. The number of fused-ring (bicyclic) bond motifs is 1. The van der Waals surface area contributed by atoms with Crippen LogP contribution in [0.1, 0.15) is 52.5 Å². The molecule has 2 aromatic rings. The van der Waals surface area contributed by atoms with Gasteiger partial charge in [-0.3, -0.25) is 0 Å². The van der Waals surface area contributed by atoms with Crippen molar-refractivity contribution in [2.75, 3.05) is 11.9 Å². The molecule has 2 aromatic heterocycles. The number of pyridine rings is 1. The van der Waals surface area contributed by atoms with Crippen LogP contribution in [-0.4, -0.2) is 22.6 Å². The van der Waals surface area contributed by atoms with Crippen molar-refractivity contribution in [1.29, 1.82) is 0 Å². The molecule has 0 bridgehead atoms. The van der Waals surface area contributed by atoms with Crippen molar-refractivity contribution in [2.45, 2.75) is 53.0 Å². The van der Waals surface area contributed by atoms with E-state index in [-0.39, 0.29) is 0 Å². The van der Waals surface area contributed by atoms with Gasteiger partial charge in [-0.15, -0.1) is 0 Å². The summed E-state index contributed by atoms with van der Waals surface area (Å²) >= 11 is 0. The smallest absolute Gasteiger partial charge is 0.155 e. The van der Waals surface area contributed by atoms with Crippen molar-refractivity contribution in [3.8, 4) is 5.75 Å². The molecule has 0 aromatic carbocycles. The molecule has 0 aliphatic heterocycles. The van der Waals surface area contributed by atoms with Crippen molar-refractivity contribution in [2.24, 2.45) is 0 Å². The first kappa shape index (κ1) is 14.7. The zero-order chi connectivity index (χ0) is 14.7. The fourth-order valence-electron chi connectivity index (χ4n) is 2.31. The Bertz CT molecular complexity index is 572. The Kier molecular flexibility index (Phi) is 4.53. The highest BCUT2D eigenvalue weighted by Gasteiger charge is 2.17. The minimum Gasteiger partial charge on any atom is -0.491 e. The molecule has 20 heavy (non-hydrogen) atoms. The maximum atomic E-state index is 6.03. The molecule has 0 unspecified atom stereocenters. The summed E-state index contributed by atoms with van der Waals surface area (Å²) in [5, 5.41) is 4.54. The Morgan fingerprint density at radius 1 is 1.30 bits per heavy atom. The quantitative estimate of drug-likeness (QED) is 0.826. The first-order chi connectivity index (χ1) is 9.54. The van der Waals surface area contributed by atoms with Gasteiger partial charge in [-0.05, 0) is 31.7 Å². The number of anilines is 1. The van der Waals surface area contributed by atoms with Gasteiger partial charge < -0.3 is 15.0 Å². The van der Waals surface area contributed by atoms with Crippen molar-refractivity contribution < 1.29 is 4.74 Å². The Balaban J connectivity index is 2.58. The molecule has 110 valence electrons. The second kappa shape index (κ2) is 6.16. The Hall–Kier alpha value is -1.71. The van der Waals surface area contributed by atoms with Gasteiger partial charge in [0.25, 0.3) is 0 Å². The molecule has 0 spiro atoms. The van der Waals surface area contributed by atoms with E-state index in [9.17, 15) is 0 Å². The lowest BCUT2D eigenvalue weighted by molar-refractivity contribution is 0.322. The summed E-state index contributed by atoms with van der Waals surface area (Å²) in [5.41, 5.74) is 3.13. The molecular formula is C16H25N3O. The molecule has 0 aliphatic carbocycles. The highest BCUT2D eigenvalue weighted by atomic mass is 16.5. The summed E-state index contributed by atoms with van der Waals surface area (Å²) in [5.74, 6) is 1.36. The summed E-state index contributed by atoms with van der Waals surface area (Å²) in [6.45, 7) is 11.5. The lowest BCUT2D eigenvalue weighted by atomic mass is 10.0. The van der Waals surface area contributed by atoms with Crippen LogP contribution in [0.5, 0.6) is 5.75 Å². The van der Waals surface area contributed by atoms with Crippen LogP contribution in [0.2, 0.25) is 0 Å². The number of aromatic amines is 1. The van der Waals surface area contributed by atoms with E-state index in [0.29, 0.717) is 18.6 Å². The number of aromatic nitrogens is 2. The SMILES string of the molecule is CCCOc1c(NC(C)C)cnc2[nH]cc(C(C)C)c12. The summed E-state index contributed by atoms with van der Waals surface area (Å²) in [7, 11) is 0. The first-order valence-electron chi connectivity index (χ1n) is 7.43. The van der Waals surface area contributed by atoms with Gasteiger partial charge in [0.15, 0.2) is 5.75 Å². The maximum Gasteiger partial charge on any atom is 0.155 e. The van der Waals surface area contributed by atoms with Crippen LogP contribution in [0, 0.1) is 0 Å². The third-order valence-corrected chi connectivity index (χ3v) is 3.20. The van der Waals surface area contributed by atoms with Gasteiger partial charge in [0.1, 0.15) is 5.65 Å². The number of H-pyrrole nitrogens is 1. The van der Waals surface area contributed by atoms with Crippen molar-refractivity contribution in [3.63, 3.8) is 0 Å². The highest BCUT2D eigenvalue weighted by Crippen LogP contribution is 2.37.